The number of fused-ring (bicyclic) bond motifs is 5. The number of rotatable bonds is 4. The standard InChI is InChI=1S/C24H40O2/c1-16(11-14-26-4)20-7-8-21-19-6-5-17-15-18(25)9-12-23(17,2)22(19)10-13-24(20,21)3/h5,16,18-22,25H,6-15H2,1-4H3/t16-,18+,19?,20-,21?,22?,23+,24-/m1/s1. The molecule has 3 saturated carbocycles. The summed E-state index contributed by atoms with van der Waals surface area (Å²) >= 11 is 0. The molecule has 0 amide bonds. The van der Waals surface area contributed by atoms with Crippen molar-refractivity contribution in [1.82, 2.24) is 0 Å². The molecule has 26 heavy (non-hydrogen) atoms. The zero-order valence-corrected chi connectivity index (χ0v) is 17.5. The smallest absolute Gasteiger partial charge is 0.0577 e. The summed E-state index contributed by atoms with van der Waals surface area (Å²) in [6.07, 6.45) is 13.9. The van der Waals surface area contributed by atoms with Gasteiger partial charge in [-0.15, -0.1) is 0 Å². The summed E-state index contributed by atoms with van der Waals surface area (Å²) < 4.78 is 5.38. The normalized spacial score (nSPS) is 49.0. The largest absolute Gasteiger partial charge is 0.393 e. The number of ether oxygens (including phenoxy) is 1. The summed E-state index contributed by atoms with van der Waals surface area (Å²) in [4.78, 5) is 0. The molecule has 0 aromatic carbocycles. The van der Waals surface area contributed by atoms with Crippen LogP contribution in [0.2, 0.25) is 0 Å². The molecule has 3 fully saturated rings. The van der Waals surface area contributed by atoms with Gasteiger partial charge in [-0.2, -0.15) is 0 Å². The average molecular weight is 361 g/mol. The van der Waals surface area contributed by atoms with E-state index in [2.05, 4.69) is 26.8 Å². The van der Waals surface area contributed by atoms with Crippen molar-refractivity contribution in [3.63, 3.8) is 0 Å². The molecule has 0 aliphatic heterocycles. The molecular weight excluding hydrogens is 320 g/mol. The van der Waals surface area contributed by atoms with Crippen LogP contribution in [0, 0.1) is 40.4 Å². The third-order valence-electron chi connectivity index (χ3n) is 9.62. The molecule has 0 aromatic rings. The second-order valence-corrected chi connectivity index (χ2v) is 10.6. The van der Waals surface area contributed by atoms with E-state index < -0.39 is 0 Å². The molecule has 148 valence electrons. The molecule has 2 heteroatoms. The molecule has 0 radical (unpaired) electrons. The Morgan fingerprint density at radius 2 is 1.96 bits per heavy atom. The second-order valence-electron chi connectivity index (χ2n) is 10.6. The third-order valence-corrected chi connectivity index (χ3v) is 9.62. The van der Waals surface area contributed by atoms with E-state index in [-0.39, 0.29) is 6.10 Å². The summed E-state index contributed by atoms with van der Waals surface area (Å²) in [5, 5.41) is 10.2. The van der Waals surface area contributed by atoms with E-state index in [1.165, 1.54) is 44.9 Å². The molecule has 4 rings (SSSR count). The lowest BCUT2D eigenvalue weighted by Crippen LogP contribution is -2.50. The molecule has 0 heterocycles. The van der Waals surface area contributed by atoms with Gasteiger partial charge in [0.15, 0.2) is 0 Å². The lowest BCUT2D eigenvalue weighted by Gasteiger charge is -2.58. The van der Waals surface area contributed by atoms with E-state index in [0.29, 0.717) is 10.8 Å². The van der Waals surface area contributed by atoms with E-state index in [4.69, 9.17) is 4.74 Å². The number of methoxy groups -OCH3 is 1. The molecule has 0 spiro atoms. The van der Waals surface area contributed by atoms with Crippen LogP contribution in [0.4, 0.5) is 0 Å². The van der Waals surface area contributed by atoms with E-state index in [9.17, 15) is 5.11 Å². The van der Waals surface area contributed by atoms with Gasteiger partial charge in [-0.3, -0.25) is 0 Å². The summed E-state index contributed by atoms with van der Waals surface area (Å²) in [7, 11) is 1.84. The first-order valence-corrected chi connectivity index (χ1v) is 11.3. The van der Waals surface area contributed by atoms with Gasteiger partial charge < -0.3 is 9.84 Å². The van der Waals surface area contributed by atoms with Crippen LogP contribution in [0.5, 0.6) is 0 Å². The van der Waals surface area contributed by atoms with Gasteiger partial charge in [0.05, 0.1) is 6.10 Å². The van der Waals surface area contributed by atoms with Crippen LogP contribution < -0.4 is 0 Å². The fourth-order valence-corrected chi connectivity index (χ4v) is 8.12. The van der Waals surface area contributed by atoms with Gasteiger partial charge in [0.2, 0.25) is 0 Å². The van der Waals surface area contributed by atoms with Gasteiger partial charge >= 0.3 is 0 Å². The van der Waals surface area contributed by atoms with Gasteiger partial charge in [-0.05, 0) is 98.2 Å². The van der Waals surface area contributed by atoms with Crippen LogP contribution in [0.1, 0.15) is 78.6 Å². The third kappa shape index (κ3) is 2.82. The Hall–Kier alpha value is -0.340. The first-order valence-electron chi connectivity index (χ1n) is 11.3. The van der Waals surface area contributed by atoms with Crippen molar-refractivity contribution in [3.8, 4) is 0 Å². The van der Waals surface area contributed by atoms with Gasteiger partial charge in [0.25, 0.3) is 0 Å². The number of aliphatic hydroxyl groups excluding tert-OH is 1. The fourth-order valence-electron chi connectivity index (χ4n) is 8.12. The quantitative estimate of drug-likeness (QED) is 0.661. The van der Waals surface area contributed by atoms with Crippen LogP contribution in [-0.2, 0) is 4.74 Å². The van der Waals surface area contributed by atoms with Crippen LogP contribution in [0.25, 0.3) is 0 Å². The minimum absolute atomic E-state index is 0.0859. The summed E-state index contributed by atoms with van der Waals surface area (Å²) in [6.45, 7) is 8.57. The maximum atomic E-state index is 10.2. The Bertz CT molecular complexity index is 554. The predicted octanol–water partition coefficient (Wildman–Crippen LogP) is 5.60. The molecule has 3 unspecified atom stereocenters. The molecule has 8 atom stereocenters. The Morgan fingerprint density at radius 3 is 2.73 bits per heavy atom. The van der Waals surface area contributed by atoms with Crippen molar-refractivity contribution in [2.24, 2.45) is 40.4 Å². The zero-order valence-electron chi connectivity index (χ0n) is 17.5. The molecule has 4 aliphatic carbocycles. The molecule has 1 N–H and O–H groups in total. The van der Waals surface area contributed by atoms with Crippen LogP contribution in [0.3, 0.4) is 0 Å². The average Bonchev–Trinajstić information content (AvgIpc) is 2.97. The van der Waals surface area contributed by atoms with Crippen LogP contribution in [0.15, 0.2) is 11.6 Å². The van der Waals surface area contributed by atoms with E-state index in [0.717, 1.165) is 49.0 Å². The highest BCUT2D eigenvalue weighted by molar-refractivity contribution is 5.25. The lowest BCUT2D eigenvalue weighted by atomic mass is 9.47. The van der Waals surface area contributed by atoms with Crippen LogP contribution >= 0.6 is 0 Å². The summed E-state index contributed by atoms with van der Waals surface area (Å²) in [5.74, 6) is 4.34. The van der Waals surface area contributed by atoms with E-state index >= 15 is 0 Å². The first kappa shape index (κ1) is 19.0. The van der Waals surface area contributed by atoms with Crippen molar-refractivity contribution in [1.29, 1.82) is 0 Å². The highest BCUT2D eigenvalue weighted by Crippen LogP contribution is 2.67. The van der Waals surface area contributed by atoms with Gasteiger partial charge in [-0.25, -0.2) is 0 Å². The maximum absolute atomic E-state index is 10.2. The minimum atomic E-state index is -0.0859. The Labute approximate surface area is 160 Å². The monoisotopic (exact) mass is 360 g/mol. The molecule has 0 aromatic heterocycles. The maximum Gasteiger partial charge on any atom is 0.0577 e. The summed E-state index contributed by atoms with van der Waals surface area (Å²) in [6, 6.07) is 0. The molecule has 0 saturated heterocycles. The van der Waals surface area contributed by atoms with Crippen molar-refractivity contribution >= 4 is 0 Å². The number of allylic oxidation sites excluding steroid dienone is 1. The Morgan fingerprint density at radius 1 is 1.15 bits per heavy atom. The SMILES string of the molecule is COCC[C@@H](C)[C@H]1CCC2C3CC=C4C[C@@H](O)CC[C@]4(C)C3CC[C@@]21C. The van der Waals surface area contributed by atoms with Crippen molar-refractivity contribution in [2.45, 2.75) is 84.7 Å². The number of hydrogen-bond donors (Lipinski definition) is 1. The Kier molecular flexibility index (Phi) is 5.06. The van der Waals surface area contributed by atoms with Crippen molar-refractivity contribution in [2.75, 3.05) is 13.7 Å². The highest BCUT2D eigenvalue weighted by Gasteiger charge is 2.59. The second kappa shape index (κ2) is 6.92. The van der Waals surface area contributed by atoms with Gasteiger partial charge in [-0.1, -0.05) is 32.4 Å². The van der Waals surface area contributed by atoms with Crippen LogP contribution in [-0.4, -0.2) is 24.9 Å². The summed E-state index contributed by atoms with van der Waals surface area (Å²) in [5.41, 5.74) is 2.53. The topological polar surface area (TPSA) is 29.5 Å². The fraction of sp³-hybridized carbons (Fsp3) is 0.917. The van der Waals surface area contributed by atoms with Crippen molar-refractivity contribution < 1.29 is 9.84 Å². The predicted molar refractivity (Wildman–Crippen MR) is 107 cm³/mol. The van der Waals surface area contributed by atoms with Gasteiger partial charge in [0.1, 0.15) is 0 Å². The molecule has 4 aliphatic rings. The van der Waals surface area contributed by atoms with E-state index in [1.54, 1.807) is 5.57 Å². The molecule has 0 bridgehead atoms. The molecular formula is C24H40O2. The number of aliphatic hydroxyl groups is 1. The molecule has 2 nitrogen and oxygen atoms in total. The highest BCUT2D eigenvalue weighted by atomic mass is 16.5. The Balaban J connectivity index is 1.56. The van der Waals surface area contributed by atoms with Gasteiger partial charge in [0, 0.05) is 13.7 Å². The van der Waals surface area contributed by atoms with Crippen molar-refractivity contribution in [3.05, 3.63) is 11.6 Å². The number of hydrogen-bond acceptors (Lipinski definition) is 2. The zero-order chi connectivity index (χ0) is 18.5. The first-order chi connectivity index (χ1) is 12.4. The lowest BCUT2D eigenvalue weighted by molar-refractivity contribution is -0.0581. The minimum Gasteiger partial charge on any atom is -0.393 e. The van der Waals surface area contributed by atoms with E-state index in [1.807, 2.05) is 7.11 Å².